The molecule has 0 spiro atoms. The lowest BCUT2D eigenvalue weighted by molar-refractivity contribution is 0.591. The minimum atomic E-state index is 0.435. The lowest BCUT2D eigenvalue weighted by Gasteiger charge is -2.05. The van der Waals surface area contributed by atoms with Crippen LogP contribution in [0.1, 0.15) is 30.8 Å². The highest BCUT2D eigenvalue weighted by Crippen LogP contribution is 2.27. The third kappa shape index (κ3) is 2.61. The number of nitriles is 1. The summed E-state index contributed by atoms with van der Waals surface area (Å²) in [5, 5.41) is 18.2. The van der Waals surface area contributed by atoms with Crippen molar-refractivity contribution in [2.45, 2.75) is 42.3 Å². The molecule has 0 aliphatic carbocycles. The van der Waals surface area contributed by atoms with Crippen LogP contribution < -0.4 is 0 Å². The predicted octanol–water partition coefficient (Wildman–Crippen LogP) is 2.42. The van der Waals surface area contributed by atoms with Crippen LogP contribution in [0.5, 0.6) is 0 Å². The molecule has 0 atom stereocenters. The number of hydrogen-bond acceptors (Lipinski definition) is 5. The van der Waals surface area contributed by atoms with E-state index in [1.807, 2.05) is 12.1 Å². The molecular formula is C13H13N5S. The molecule has 19 heavy (non-hydrogen) atoms. The van der Waals surface area contributed by atoms with E-state index in [0.717, 1.165) is 28.8 Å². The molecule has 0 bridgehead atoms. The fraction of sp³-hybridized carbons (Fsp3) is 0.385. The Bertz CT molecular complexity index is 611. The first-order valence-corrected chi connectivity index (χ1v) is 7.14. The van der Waals surface area contributed by atoms with Gasteiger partial charge in [0.15, 0.2) is 5.16 Å². The lowest BCUT2D eigenvalue weighted by atomic mass is 10.2. The highest BCUT2D eigenvalue weighted by Gasteiger charge is 2.15. The van der Waals surface area contributed by atoms with Crippen molar-refractivity contribution in [1.82, 2.24) is 19.7 Å². The summed E-state index contributed by atoms with van der Waals surface area (Å²) in [6.07, 6.45) is 6.36. The maximum atomic E-state index is 8.73. The van der Waals surface area contributed by atoms with Gasteiger partial charge in [-0.15, -0.1) is 10.2 Å². The fourth-order valence-corrected chi connectivity index (χ4v) is 2.99. The second kappa shape index (κ2) is 5.41. The molecule has 2 aromatic rings. The Morgan fingerprint density at radius 2 is 2.16 bits per heavy atom. The van der Waals surface area contributed by atoms with E-state index < -0.39 is 0 Å². The first kappa shape index (κ1) is 12.2. The van der Waals surface area contributed by atoms with Gasteiger partial charge in [-0.2, -0.15) is 5.26 Å². The number of fused-ring (bicyclic) bond motifs is 1. The molecule has 0 aromatic carbocycles. The Labute approximate surface area is 115 Å². The molecule has 3 heterocycles. The van der Waals surface area contributed by atoms with E-state index in [4.69, 9.17) is 5.26 Å². The molecule has 3 rings (SSSR count). The SMILES string of the molecule is N#Cc1ccc(Sc2nnc3n2CCCCC3)cn1. The second-order valence-corrected chi connectivity index (χ2v) is 5.49. The molecule has 0 amide bonds. The molecule has 1 aliphatic heterocycles. The molecule has 96 valence electrons. The van der Waals surface area contributed by atoms with Crippen LogP contribution >= 0.6 is 11.8 Å². The van der Waals surface area contributed by atoms with Gasteiger partial charge in [0.05, 0.1) is 0 Å². The number of aromatic nitrogens is 4. The topological polar surface area (TPSA) is 67.4 Å². The summed E-state index contributed by atoms with van der Waals surface area (Å²) in [6.45, 7) is 0.994. The summed E-state index contributed by atoms with van der Waals surface area (Å²) in [6, 6.07) is 5.64. The zero-order valence-corrected chi connectivity index (χ0v) is 11.2. The number of pyridine rings is 1. The number of hydrogen-bond donors (Lipinski definition) is 0. The molecule has 1 aliphatic rings. The maximum absolute atomic E-state index is 8.73. The summed E-state index contributed by atoms with van der Waals surface area (Å²) in [5.74, 6) is 1.08. The minimum Gasteiger partial charge on any atom is -0.306 e. The van der Waals surface area contributed by atoms with Crippen molar-refractivity contribution in [1.29, 1.82) is 5.26 Å². The van der Waals surface area contributed by atoms with Crippen LogP contribution in [0.2, 0.25) is 0 Å². The van der Waals surface area contributed by atoms with Crippen molar-refractivity contribution in [3.8, 4) is 6.07 Å². The van der Waals surface area contributed by atoms with Crippen molar-refractivity contribution in [2.24, 2.45) is 0 Å². The van der Waals surface area contributed by atoms with Crippen molar-refractivity contribution >= 4 is 11.8 Å². The third-order valence-electron chi connectivity index (χ3n) is 3.14. The highest BCUT2D eigenvalue weighted by atomic mass is 32.2. The van der Waals surface area contributed by atoms with E-state index in [-0.39, 0.29) is 0 Å². The van der Waals surface area contributed by atoms with Gasteiger partial charge in [0.1, 0.15) is 17.6 Å². The Kier molecular flexibility index (Phi) is 3.47. The van der Waals surface area contributed by atoms with E-state index in [1.54, 1.807) is 24.0 Å². The van der Waals surface area contributed by atoms with Gasteiger partial charge < -0.3 is 4.57 Å². The van der Waals surface area contributed by atoms with Crippen LogP contribution in [0.15, 0.2) is 28.4 Å². The van der Waals surface area contributed by atoms with Crippen molar-refractivity contribution < 1.29 is 0 Å². The number of aryl methyl sites for hydroxylation is 1. The fourth-order valence-electron chi connectivity index (χ4n) is 2.15. The van der Waals surface area contributed by atoms with Gasteiger partial charge in [0.25, 0.3) is 0 Å². The third-order valence-corrected chi connectivity index (χ3v) is 4.10. The van der Waals surface area contributed by atoms with Gasteiger partial charge in [-0.05, 0) is 36.7 Å². The monoisotopic (exact) mass is 271 g/mol. The quantitative estimate of drug-likeness (QED) is 0.839. The first-order valence-electron chi connectivity index (χ1n) is 6.33. The molecule has 6 heteroatoms. The largest absolute Gasteiger partial charge is 0.306 e. The lowest BCUT2D eigenvalue weighted by Crippen LogP contribution is -2.02. The average molecular weight is 271 g/mol. The average Bonchev–Trinajstić information content (AvgIpc) is 2.68. The van der Waals surface area contributed by atoms with Gasteiger partial charge in [-0.25, -0.2) is 4.98 Å². The summed E-state index contributed by atoms with van der Waals surface area (Å²) >= 11 is 1.55. The molecule has 2 aromatic heterocycles. The van der Waals surface area contributed by atoms with E-state index in [1.165, 1.54) is 19.3 Å². The van der Waals surface area contributed by atoms with Crippen LogP contribution in [0.3, 0.4) is 0 Å². The van der Waals surface area contributed by atoms with Crippen LogP contribution in [0, 0.1) is 11.3 Å². The van der Waals surface area contributed by atoms with Gasteiger partial charge in [0, 0.05) is 24.1 Å². The van der Waals surface area contributed by atoms with Crippen LogP contribution in [-0.4, -0.2) is 19.7 Å². The van der Waals surface area contributed by atoms with E-state index >= 15 is 0 Å². The molecule has 0 saturated heterocycles. The predicted molar refractivity (Wildman–Crippen MR) is 70.7 cm³/mol. The zero-order valence-electron chi connectivity index (χ0n) is 10.4. The van der Waals surface area contributed by atoms with Crippen molar-refractivity contribution in [3.63, 3.8) is 0 Å². The maximum Gasteiger partial charge on any atom is 0.196 e. The number of nitrogens with zero attached hydrogens (tertiary/aromatic N) is 5. The van der Waals surface area contributed by atoms with Crippen LogP contribution in [0.4, 0.5) is 0 Å². The van der Waals surface area contributed by atoms with Gasteiger partial charge >= 0.3 is 0 Å². The standard InChI is InChI=1S/C13H13N5S/c14-8-10-5-6-11(9-15-10)19-13-17-16-12-4-2-1-3-7-18(12)13/h5-6,9H,1-4,7H2. The van der Waals surface area contributed by atoms with E-state index in [9.17, 15) is 0 Å². The summed E-state index contributed by atoms with van der Waals surface area (Å²) in [5.41, 5.74) is 0.435. The van der Waals surface area contributed by atoms with Crippen molar-refractivity contribution in [3.05, 3.63) is 29.8 Å². The molecule has 0 unspecified atom stereocenters. The second-order valence-electron chi connectivity index (χ2n) is 4.45. The summed E-state index contributed by atoms with van der Waals surface area (Å²) in [7, 11) is 0. The van der Waals surface area contributed by atoms with Crippen LogP contribution in [-0.2, 0) is 13.0 Å². The zero-order chi connectivity index (χ0) is 13.1. The Hall–Kier alpha value is -1.87. The Balaban J connectivity index is 1.83. The molecule has 5 nitrogen and oxygen atoms in total. The number of rotatable bonds is 2. The molecule has 0 saturated carbocycles. The highest BCUT2D eigenvalue weighted by molar-refractivity contribution is 7.99. The summed E-state index contributed by atoms with van der Waals surface area (Å²) < 4.78 is 2.20. The molecule has 0 radical (unpaired) electrons. The van der Waals surface area contributed by atoms with E-state index in [0.29, 0.717) is 5.69 Å². The van der Waals surface area contributed by atoms with Crippen LogP contribution in [0.25, 0.3) is 0 Å². The first-order chi connectivity index (χ1) is 9.36. The minimum absolute atomic E-state index is 0.435. The molecule has 0 N–H and O–H groups in total. The normalized spacial score (nSPS) is 14.5. The Morgan fingerprint density at radius 3 is 2.95 bits per heavy atom. The van der Waals surface area contributed by atoms with Crippen molar-refractivity contribution in [2.75, 3.05) is 0 Å². The molecule has 0 fully saturated rings. The van der Waals surface area contributed by atoms with Gasteiger partial charge in [-0.3, -0.25) is 0 Å². The van der Waals surface area contributed by atoms with Gasteiger partial charge in [0.2, 0.25) is 0 Å². The Morgan fingerprint density at radius 1 is 1.21 bits per heavy atom. The van der Waals surface area contributed by atoms with Gasteiger partial charge in [-0.1, -0.05) is 6.42 Å². The molecular weight excluding hydrogens is 258 g/mol. The smallest absolute Gasteiger partial charge is 0.196 e. The summed E-state index contributed by atoms with van der Waals surface area (Å²) in [4.78, 5) is 5.05. The van der Waals surface area contributed by atoms with E-state index in [2.05, 4.69) is 19.7 Å².